The highest BCUT2D eigenvalue weighted by molar-refractivity contribution is 5.90. The summed E-state index contributed by atoms with van der Waals surface area (Å²) < 4.78 is 1.89. The number of benzene rings is 1. The number of nitrogens with zero attached hydrogens (tertiary/aromatic N) is 2. The Bertz CT molecular complexity index is 699. The Labute approximate surface area is 137 Å². The highest BCUT2D eigenvalue weighted by Gasteiger charge is 2.22. The lowest BCUT2D eigenvalue weighted by atomic mass is 10.1. The van der Waals surface area contributed by atoms with E-state index in [4.69, 9.17) is 0 Å². The van der Waals surface area contributed by atoms with Crippen LogP contribution in [0.15, 0.2) is 24.3 Å². The van der Waals surface area contributed by atoms with Crippen LogP contribution in [0.4, 0.5) is 10.5 Å². The molecule has 1 aliphatic rings. The van der Waals surface area contributed by atoms with Crippen molar-refractivity contribution in [2.75, 3.05) is 5.32 Å². The van der Waals surface area contributed by atoms with E-state index in [0.29, 0.717) is 6.54 Å². The van der Waals surface area contributed by atoms with Crippen molar-refractivity contribution in [1.82, 2.24) is 15.1 Å². The van der Waals surface area contributed by atoms with E-state index in [9.17, 15) is 4.79 Å². The molecule has 0 spiro atoms. The number of rotatable bonds is 5. The molecule has 0 radical (unpaired) electrons. The third-order valence-electron chi connectivity index (χ3n) is 4.40. The Hall–Kier alpha value is -2.30. The molecule has 0 bridgehead atoms. The summed E-state index contributed by atoms with van der Waals surface area (Å²) in [6, 6.07) is 8.34. The van der Waals surface area contributed by atoms with Gasteiger partial charge in [0, 0.05) is 13.1 Å². The zero-order valence-electron chi connectivity index (χ0n) is 14.0. The molecule has 1 heterocycles. The molecule has 23 heavy (non-hydrogen) atoms. The van der Waals surface area contributed by atoms with Gasteiger partial charge in [0.25, 0.3) is 0 Å². The van der Waals surface area contributed by atoms with Gasteiger partial charge >= 0.3 is 6.03 Å². The predicted molar refractivity (Wildman–Crippen MR) is 91.7 cm³/mol. The van der Waals surface area contributed by atoms with Crippen molar-refractivity contribution in [3.05, 3.63) is 46.8 Å². The molecule has 3 rings (SSSR count). The second kappa shape index (κ2) is 6.44. The monoisotopic (exact) mass is 312 g/mol. The first-order valence-electron chi connectivity index (χ1n) is 8.26. The fourth-order valence-corrected chi connectivity index (χ4v) is 2.85. The number of carbonyl (C=O) groups excluding carboxylic acids is 1. The zero-order chi connectivity index (χ0) is 16.4. The molecule has 2 N–H and O–H groups in total. The maximum absolute atomic E-state index is 12.1. The van der Waals surface area contributed by atoms with E-state index in [1.165, 1.54) is 18.4 Å². The molecule has 5 heteroatoms. The zero-order valence-corrected chi connectivity index (χ0v) is 14.0. The molecule has 5 nitrogen and oxygen atoms in total. The molecule has 0 unspecified atom stereocenters. The Morgan fingerprint density at radius 2 is 1.96 bits per heavy atom. The van der Waals surface area contributed by atoms with Gasteiger partial charge in [-0.2, -0.15) is 5.10 Å². The fraction of sp³-hybridized carbons (Fsp3) is 0.444. The average molecular weight is 312 g/mol. The van der Waals surface area contributed by atoms with Crippen molar-refractivity contribution < 1.29 is 4.79 Å². The summed E-state index contributed by atoms with van der Waals surface area (Å²) in [5.41, 5.74) is 5.15. The van der Waals surface area contributed by atoms with E-state index >= 15 is 0 Å². The summed E-state index contributed by atoms with van der Waals surface area (Å²) in [5, 5.41) is 10.2. The van der Waals surface area contributed by atoms with E-state index in [1.54, 1.807) is 0 Å². The Kier molecular flexibility index (Phi) is 4.37. The van der Waals surface area contributed by atoms with E-state index < -0.39 is 0 Å². The first kappa shape index (κ1) is 15.6. The van der Waals surface area contributed by atoms with Gasteiger partial charge < -0.3 is 10.6 Å². The highest BCUT2D eigenvalue weighted by Crippen LogP contribution is 2.39. The second-order valence-electron chi connectivity index (χ2n) is 6.19. The molecular weight excluding hydrogens is 288 g/mol. The minimum Gasteiger partial charge on any atom is -0.334 e. The summed E-state index contributed by atoms with van der Waals surface area (Å²) >= 11 is 0. The van der Waals surface area contributed by atoms with E-state index in [1.807, 2.05) is 25.5 Å². The van der Waals surface area contributed by atoms with Crippen LogP contribution in [0.3, 0.4) is 0 Å². The molecule has 122 valence electrons. The predicted octanol–water partition coefficient (Wildman–Crippen LogP) is 3.72. The summed E-state index contributed by atoms with van der Waals surface area (Å²) in [5.74, 6) is 0.765. The third-order valence-corrected chi connectivity index (χ3v) is 4.40. The van der Waals surface area contributed by atoms with Crippen LogP contribution < -0.4 is 10.6 Å². The summed E-state index contributed by atoms with van der Waals surface area (Å²) in [6.07, 6.45) is 2.62. The first-order chi connectivity index (χ1) is 11.1. The minimum atomic E-state index is -0.196. The van der Waals surface area contributed by atoms with Crippen LogP contribution in [0, 0.1) is 13.8 Å². The molecule has 2 amide bonds. The van der Waals surface area contributed by atoms with Crippen LogP contribution in [0.1, 0.15) is 48.2 Å². The van der Waals surface area contributed by atoms with E-state index in [2.05, 4.69) is 40.0 Å². The molecule has 0 atom stereocenters. The SMILES string of the molecule is CCn1nc(C)c(NC(=O)NCc2ccc(C3CC3)cc2)c1C. The lowest BCUT2D eigenvalue weighted by Gasteiger charge is -2.09. The lowest BCUT2D eigenvalue weighted by molar-refractivity contribution is 0.251. The number of carbonyl (C=O) groups is 1. The second-order valence-corrected chi connectivity index (χ2v) is 6.19. The molecule has 1 aromatic heterocycles. The van der Waals surface area contributed by atoms with Crippen molar-refractivity contribution in [1.29, 1.82) is 0 Å². The number of aromatic nitrogens is 2. The molecule has 0 saturated heterocycles. The molecule has 1 aromatic carbocycles. The van der Waals surface area contributed by atoms with Gasteiger partial charge in [-0.05, 0) is 50.7 Å². The number of urea groups is 1. The third kappa shape index (κ3) is 3.55. The lowest BCUT2D eigenvalue weighted by Crippen LogP contribution is -2.28. The largest absolute Gasteiger partial charge is 0.334 e. The Balaban J connectivity index is 1.56. The highest BCUT2D eigenvalue weighted by atomic mass is 16.2. The van der Waals surface area contributed by atoms with Crippen molar-refractivity contribution in [2.45, 2.75) is 52.6 Å². The van der Waals surface area contributed by atoms with Crippen LogP contribution in [0.2, 0.25) is 0 Å². The van der Waals surface area contributed by atoms with Gasteiger partial charge in [0.05, 0.1) is 17.1 Å². The molecule has 2 aromatic rings. The van der Waals surface area contributed by atoms with Gasteiger partial charge in [-0.3, -0.25) is 4.68 Å². The van der Waals surface area contributed by atoms with Crippen LogP contribution in [-0.4, -0.2) is 15.8 Å². The molecular formula is C18H24N4O. The number of amides is 2. The van der Waals surface area contributed by atoms with Crippen LogP contribution in [0.5, 0.6) is 0 Å². The van der Waals surface area contributed by atoms with Crippen molar-refractivity contribution in [3.63, 3.8) is 0 Å². The van der Waals surface area contributed by atoms with Gasteiger partial charge in [0.1, 0.15) is 0 Å². The van der Waals surface area contributed by atoms with Gasteiger partial charge in [-0.15, -0.1) is 0 Å². The first-order valence-corrected chi connectivity index (χ1v) is 8.26. The number of hydrogen-bond donors (Lipinski definition) is 2. The van der Waals surface area contributed by atoms with Gasteiger partial charge in [-0.1, -0.05) is 24.3 Å². The fourth-order valence-electron chi connectivity index (χ4n) is 2.85. The number of anilines is 1. The topological polar surface area (TPSA) is 59.0 Å². The van der Waals surface area contributed by atoms with E-state index in [0.717, 1.165) is 35.1 Å². The molecule has 1 aliphatic carbocycles. The maximum Gasteiger partial charge on any atom is 0.319 e. The van der Waals surface area contributed by atoms with Crippen LogP contribution in [0.25, 0.3) is 0 Å². The van der Waals surface area contributed by atoms with Crippen molar-refractivity contribution in [2.24, 2.45) is 0 Å². The number of nitrogens with one attached hydrogen (secondary N) is 2. The van der Waals surface area contributed by atoms with E-state index in [-0.39, 0.29) is 6.03 Å². The normalized spacial score (nSPS) is 13.9. The van der Waals surface area contributed by atoms with Gasteiger partial charge in [-0.25, -0.2) is 4.79 Å². The quantitative estimate of drug-likeness (QED) is 0.884. The molecule has 1 fully saturated rings. The van der Waals surface area contributed by atoms with Crippen LogP contribution >= 0.6 is 0 Å². The minimum absolute atomic E-state index is 0.196. The number of aryl methyl sites for hydroxylation is 2. The smallest absolute Gasteiger partial charge is 0.319 e. The van der Waals surface area contributed by atoms with Crippen LogP contribution in [-0.2, 0) is 13.1 Å². The van der Waals surface area contributed by atoms with Crippen molar-refractivity contribution in [3.8, 4) is 0 Å². The Morgan fingerprint density at radius 1 is 1.26 bits per heavy atom. The average Bonchev–Trinajstić information content (AvgIpc) is 3.36. The summed E-state index contributed by atoms with van der Waals surface area (Å²) in [4.78, 5) is 12.1. The maximum atomic E-state index is 12.1. The molecule has 1 saturated carbocycles. The molecule has 0 aliphatic heterocycles. The van der Waals surface area contributed by atoms with Gasteiger partial charge in [0.2, 0.25) is 0 Å². The summed E-state index contributed by atoms with van der Waals surface area (Å²) in [7, 11) is 0. The van der Waals surface area contributed by atoms with Crippen molar-refractivity contribution >= 4 is 11.7 Å². The summed E-state index contributed by atoms with van der Waals surface area (Å²) in [6.45, 7) is 7.23. The standard InChI is InChI=1S/C18H24N4O/c1-4-22-13(3)17(12(2)21-22)20-18(23)19-11-14-5-7-15(8-6-14)16-9-10-16/h5-8,16H,4,9-11H2,1-3H3,(H2,19,20,23). The Morgan fingerprint density at radius 3 is 2.52 bits per heavy atom. The number of hydrogen-bond acceptors (Lipinski definition) is 2. The van der Waals surface area contributed by atoms with Gasteiger partial charge in [0.15, 0.2) is 0 Å².